The maximum atomic E-state index is 13.1. The van der Waals surface area contributed by atoms with Crippen LogP contribution in [0.5, 0.6) is 0 Å². The minimum absolute atomic E-state index is 0.0491. The van der Waals surface area contributed by atoms with E-state index in [1.54, 1.807) is 26.0 Å². The number of allylic oxidation sites excluding steroid dienone is 5. The zero-order valence-electron chi connectivity index (χ0n) is 14.5. The Kier molecular flexibility index (Phi) is 4.35. The highest BCUT2D eigenvalue weighted by molar-refractivity contribution is 5.81. The number of alkyl halides is 3. The van der Waals surface area contributed by atoms with Gasteiger partial charge in [0.05, 0.1) is 5.69 Å². The molecule has 134 valence electrons. The highest BCUT2D eigenvalue weighted by atomic mass is 19.4. The molecule has 0 radical (unpaired) electrons. The lowest BCUT2D eigenvalue weighted by molar-refractivity contribution is -0.141. The summed E-state index contributed by atoms with van der Waals surface area (Å²) >= 11 is 0. The number of hydrogen-bond donors (Lipinski definition) is 0. The van der Waals surface area contributed by atoms with Crippen molar-refractivity contribution in [2.75, 3.05) is 0 Å². The van der Waals surface area contributed by atoms with Crippen LogP contribution in [0.15, 0.2) is 42.5 Å². The first-order valence-corrected chi connectivity index (χ1v) is 7.83. The average Bonchev–Trinajstić information content (AvgIpc) is 2.99. The molecule has 0 bridgehead atoms. The van der Waals surface area contributed by atoms with E-state index in [0.29, 0.717) is 33.8 Å². The van der Waals surface area contributed by atoms with Gasteiger partial charge in [0.15, 0.2) is 17.1 Å². The van der Waals surface area contributed by atoms with Crippen LogP contribution in [0.4, 0.5) is 13.2 Å². The summed E-state index contributed by atoms with van der Waals surface area (Å²) in [6, 6.07) is 2.22. The molecule has 0 spiro atoms. The Morgan fingerprint density at radius 2 is 1.88 bits per heavy atom. The van der Waals surface area contributed by atoms with Gasteiger partial charge in [-0.3, -0.25) is 4.40 Å². The topological polar surface area (TPSA) is 56.0 Å². The molecule has 0 fully saturated rings. The molecule has 0 atom stereocenters. The first-order valence-electron chi connectivity index (χ1n) is 7.83. The van der Waals surface area contributed by atoms with E-state index in [1.165, 1.54) is 10.5 Å². The Bertz CT molecular complexity index is 1070. The van der Waals surface area contributed by atoms with Gasteiger partial charge in [0.25, 0.3) is 0 Å². The Hall–Kier alpha value is -3.03. The summed E-state index contributed by atoms with van der Waals surface area (Å²) in [5.41, 5.74) is 1.64. The molecule has 0 aromatic carbocycles. The second-order valence-electron chi connectivity index (χ2n) is 5.80. The molecular formula is C18H16F3N5. The first-order chi connectivity index (χ1) is 12.2. The van der Waals surface area contributed by atoms with Gasteiger partial charge in [0, 0.05) is 5.57 Å². The number of rotatable bonds is 3. The maximum Gasteiger partial charge on any atom is 0.433 e. The summed E-state index contributed by atoms with van der Waals surface area (Å²) in [7, 11) is 0. The predicted molar refractivity (Wildman–Crippen MR) is 93.4 cm³/mol. The van der Waals surface area contributed by atoms with Gasteiger partial charge in [-0.1, -0.05) is 24.8 Å². The standard InChI is InChI=1S/C18H16F3N5/c1-5-6-7-12(10(2)3)16-25-24-15-11(4)22-13-8-9-14(18(19,20)21)23-17(13)26(15)16/h5-9H,2H2,1,3-4H3/b6-5-,12-7+. The normalized spacial score (nSPS) is 13.2. The van der Waals surface area contributed by atoms with Gasteiger partial charge in [0.2, 0.25) is 0 Å². The Morgan fingerprint density at radius 1 is 1.15 bits per heavy atom. The SMILES string of the molecule is C=C(C)/C(=C\C=C/C)c1nnc2c(C)nc3ccc(C(F)(F)F)nc3n12. The molecule has 3 aromatic heterocycles. The molecule has 8 heteroatoms. The van der Waals surface area contributed by atoms with E-state index < -0.39 is 11.9 Å². The fourth-order valence-corrected chi connectivity index (χ4v) is 2.58. The number of aromatic nitrogens is 5. The number of fused-ring (bicyclic) bond motifs is 3. The summed E-state index contributed by atoms with van der Waals surface area (Å²) in [5, 5.41) is 8.26. The second-order valence-corrected chi connectivity index (χ2v) is 5.80. The molecular weight excluding hydrogens is 343 g/mol. The third-order valence-corrected chi connectivity index (χ3v) is 3.79. The van der Waals surface area contributed by atoms with Crippen molar-refractivity contribution in [3.8, 4) is 0 Å². The third-order valence-electron chi connectivity index (χ3n) is 3.79. The van der Waals surface area contributed by atoms with E-state index in [4.69, 9.17) is 0 Å². The molecule has 0 aliphatic carbocycles. The van der Waals surface area contributed by atoms with Gasteiger partial charge in [-0.25, -0.2) is 9.97 Å². The maximum absolute atomic E-state index is 13.1. The lowest BCUT2D eigenvalue weighted by atomic mass is 10.1. The molecule has 5 nitrogen and oxygen atoms in total. The van der Waals surface area contributed by atoms with Crippen LogP contribution in [0.25, 0.3) is 22.4 Å². The van der Waals surface area contributed by atoms with E-state index in [-0.39, 0.29) is 5.65 Å². The van der Waals surface area contributed by atoms with Crippen molar-refractivity contribution in [3.05, 3.63) is 59.7 Å². The van der Waals surface area contributed by atoms with Crippen molar-refractivity contribution in [2.24, 2.45) is 0 Å². The van der Waals surface area contributed by atoms with Crippen LogP contribution in [0, 0.1) is 6.92 Å². The summed E-state index contributed by atoms with van der Waals surface area (Å²) < 4.78 is 40.8. The van der Waals surface area contributed by atoms with Crippen molar-refractivity contribution < 1.29 is 13.2 Å². The van der Waals surface area contributed by atoms with Crippen LogP contribution >= 0.6 is 0 Å². The lowest BCUT2D eigenvalue weighted by Gasteiger charge is -2.10. The Labute approximate surface area is 147 Å². The Morgan fingerprint density at radius 3 is 2.50 bits per heavy atom. The molecule has 0 amide bonds. The van der Waals surface area contributed by atoms with Crippen molar-refractivity contribution >= 4 is 22.4 Å². The summed E-state index contributed by atoms with van der Waals surface area (Å²) in [6.45, 7) is 9.30. The van der Waals surface area contributed by atoms with Gasteiger partial charge in [0.1, 0.15) is 11.2 Å². The molecule has 3 aromatic rings. The number of halogens is 3. The summed E-state index contributed by atoms with van der Waals surface area (Å²) in [4.78, 5) is 8.09. The fourth-order valence-electron chi connectivity index (χ4n) is 2.58. The molecule has 0 N–H and O–H groups in total. The van der Waals surface area contributed by atoms with E-state index >= 15 is 0 Å². The van der Waals surface area contributed by atoms with Crippen LogP contribution in [0.1, 0.15) is 31.1 Å². The molecule has 0 saturated heterocycles. The highest BCUT2D eigenvalue weighted by Crippen LogP contribution is 2.30. The average molecular weight is 359 g/mol. The van der Waals surface area contributed by atoms with Gasteiger partial charge >= 0.3 is 6.18 Å². The largest absolute Gasteiger partial charge is 0.433 e. The monoisotopic (exact) mass is 359 g/mol. The van der Waals surface area contributed by atoms with E-state index in [9.17, 15) is 13.2 Å². The minimum atomic E-state index is -4.56. The molecule has 0 aliphatic heterocycles. The summed E-state index contributed by atoms with van der Waals surface area (Å²) in [6.07, 6.45) is 0.860. The third kappa shape index (κ3) is 2.98. The zero-order chi connectivity index (χ0) is 19.1. The lowest BCUT2D eigenvalue weighted by Crippen LogP contribution is -2.10. The second kappa shape index (κ2) is 6.36. The van der Waals surface area contributed by atoms with Crippen molar-refractivity contribution in [3.63, 3.8) is 0 Å². The van der Waals surface area contributed by atoms with Gasteiger partial charge in [-0.2, -0.15) is 13.2 Å². The number of aryl methyl sites for hydroxylation is 1. The molecule has 26 heavy (non-hydrogen) atoms. The smallest absolute Gasteiger partial charge is 0.255 e. The van der Waals surface area contributed by atoms with E-state index in [0.717, 1.165) is 6.07 Å². The van der Waals surface area contributed by atoms with Crippen molar-refractivity contribution in [1.82, 2.24) is 24.6 Å². The number of nitrogens with zero attached hydrogens (tertiary/aromatic N) is 5. The van der Waals surface area contributed by atoms with Crippen LogP contribution < -0.4 is 0 Å². The van der Waals surface area contributed by atoms with Gasteiger partial charge in [-0.15, -0.1) is 10.2 Å². The van der Waals surface area contributed by atoms with Crippen LogP contribution in [-0.4, -0.2) is 24.6 Å². The Balaban J connectivity index is 2.44. The molecule has 0 saturated carbocycles. The fraction of sp³-hybridized carbons (Fsp3) is 0.222. The van der Waals surface area contributed by atoms with Crippen LogP contribution in [-0.2, 0) is 6.18 Å². The predicted octanol–water partition coefficient (Wildman–Crippen LogP) is 4.54. The van der Waals surface area contributed by atoms with Gasteiger partial charge in [-0.05, 0) is 38.5 Å². The van der Waals surface area contributed by atoms with E-state index in [1.807, 2.05) is 13.0 Å². The molecule has 3 rings (SSSR count). The quantitative estimate of drug-likeness (QED) is 0.645. The van der Waals surface area contributed by atoms with Gasteiger partial charge < -0.3 is 0 Å². The summed E-state index contributed by atoms with van der Waals surface area (Å²) in [5.74, 6) is 0.368. The van der Waals surface area contributed by atoms with Crippen LogP contribution in [0.3, 0.4) is 0 Å². The molecule has 3 heterocycles. The zero-order valence-corrected chi connectivity index (χ0v) is 14.5. The minimum Gasteiger partial charge on any atom is -0.255 e. The molecule has 0 aliphatic rings. The van der Waals surface area contributed by atoms with Crippen molar-refractivity contribution in [2.45, 2.75) is 26.9 Å². The van der Waals surface area contributed by atoms with Crippen molar-refractivity contribution in [1.29, 1.82) is 0 Å². The van der Waals surface area contributed by atoms with E-state index in [2.05, 4.69) is 26.7 Å². The first kappa shape index (κ1) is 17.8. The van der Waals surface area contributed by atoms with Crippen LogP contribution in [0.2, 0.25) is 0 Å². The molecule has 0 unspecified atom stereocenters. The highest BCUT2D eigenvalue weighted by Gasteiger charge is 2.33. The number of pyridine rings is 1. The number of hydrogen-bond acceptors (Lipinski definition) is 4.